The van der Waals surface area contributed by atoms with E-state index in [0.717, 1.165) is 30.0 Å². The normalized spacial score (nSPS) is 22.7. The number of rotatable bonds is 4. The molecule has 0 spiro atoms. The quantitative estimate of drug-likeness (QED) is 0.760. The smallest absolute Gasteiger partial charge is 0.253 e. The third kappa shape index (κ3) is 3.30. The number of aromatic nitrogens is 2. The van der Waals surface area contributed by atoms with Gasteiger partial charge in [0.2, 0.25) is 0 Å². The van der Waals surface area contributed by atoms with Gasteiger partial charge in [-0.15, -0.1) is 0 Å². The van der Waals surface area contributed by atoms with E-state index in [1.54, 1.807) is 0 Å². The van der Waals surface area contributed by atoms with E-state index in [9.17, 15) is 4.79 Å². The summed E-state index contributed by atoms with van der Waals surface area (Å²) in [6.45, 7) is 3.48. The zero-order chi connectivity index (χ0) is 18.9. The molecule has 0 bridgehead atoms. The van der Waals surface area contributed by atoms with Crippen molar-refractivity contribution >= 4 is 11.6 Å². The average molecular weight is 376 g/mol. The number of carbonyl (C=O) groups excluding carboxylic acids is 1. The lowest BCUT2D eigenvalue weighted by Gasteiger charge is -2.27. The van der Waals surface area contributed by atoms with Gasteiger partial charge in [-0.05, 0) is 38.1 Å². The Labute approximate surface area is 164 Å². The minimum atomic E-state index is -0.0587. The number of pyridine rings is 1. The topological polar surface area (TPSA) is 58.9 Å². The molecule has 6 heteroatoms. The van der Waals surface area contributed by atoms with Crippen LogP contribution in [-0.4, -0.2) is 58.6 Å². The highest BCUT2D eigenvalue weighted by Gasteiger charge is 2.35. The van der Waals surface area contributed by atoms with Gasteiger partial charge < -0.3 is 14.5 Å². The lowest BCUT2D eigenvalue weighted by Crippen LogP contribution is -2.50. The van der Waals surface area contributed by atoms with Gasteiger partial charge in [-0.1, -0.05) is 30.3 Å². The van der Waals surface area contributed by atoms with Crippen molar-refractivity contribution in [1.29, 1.82) is 0 Å². The fourth-order valence-corrected chi connectivity index (χ4v) is 4.24. The number of hydrogen-bond donors (Lipinski definition) is 1. The zero-order valence-electron chi connectivity index (χ0n) is 15.8. The van der Waals surface area contributed by atoms with Gasteiger partial charge in [0.05, 0.1) is 36.6 Å². The number of carbonyl (C=O) groups is 1. The molecule has 2 aliphatic rings. The Balaban J connectivity index is 1.34. The van der Waals surface area contributed by atoms with Gasteiger partial charge in [0.1, 0.15) is 5.65 Å². The molecule has 28 heavy (non-hydrogen) atoms. The molecule has 2 saturated heterocycles. The molecule has 1 aromatic carbocycles. The Morgan fingerprint density at radius 2 is 1.86 bits per heavy atom. The van der Waals surface area contributed by atoms with Crippen molar-refractivity contribution in [2.75, 3.05) is 26.3 Å². The molecule has 1 amide bonds. The molecule has 2 atom stereocenters. The van der Waals surface area contributed by atoms with Gasteiger partial charge in [0.25, 0.3) is 5.91 Å². The predicted molar refractivity (Wildman–Crippen MR) is 107 cm³/mol. The molecular weight excluding hydrogens is 352 g/mol. The number of benzene rings is 1. The summed E-state index contributed by atoms with van der Waals surface area (Å²) in [5.74, 6) is -0.0587. The van der Waals surface area contributed by atoms with Crippen LogP contribution in [0.3, 0.4) is 0 Å². The maximum absolute atomic E-state index is 12.9. The van der Waals surface area contributed by atoms with Gasteiger partial charge in [-0.25, -0.2) is 4.98 Å². The summed E-state index contributed by atoms with van der Waals surface area (Å²) in [5.41, 5.74) is 3.43. The summed E-state index contributed by atoms with van der Waals surface area (Å²) in [5, 5.41) is 3.19. The second kappa shape index (κ2) is 7.37. The van der Waals surface area contributed by atoms with Crippen LogP contribution in [0.15, 0.2) is 54.9 Å². The summed E-state index contributed by atoms with van der Waals surface area (Å²) in [6, 6.07) is 14.1. The summed E-state index contributed by atoms with van der Waals surface area (Å²) < 4.78 is 7.59. The Kier molecular flexibility index (Phi) is 4.58. The van der Waals surface area contributed by atoms with Crippen LogP contribution >= 0.6 is 0 Å². The first-order valence-corrected chi connectivity index (χ1v) is 9.95. The Bertz CT molecular complexity index is 979. The van der Waals surface area contributed by atoms with E-state index in [1.807, 2.05) is 59.3 Å². The molecule has 4 heterocycles. The maximum atomic E-state index is 12.9. The first kappa shape index (κ1) is 17.4. The van der Waals surface area contributed by atoms with E-state index >= 15 is 0 Å². The van der Waals surface area contributed by atoms with Gasteiger partial charge >= 0.3 is 0 Å². The van der Waals surface area contributed by atoms with Crippen LogP contribution in [0.1, 0.15) is 23.2 Å². The van der Waals surface area contributed by atoms with E-state index in [-0.39, 0.29) is 18.0 Å². The van der Waals surface area contributed by atoms with E-state index in [0.29, 0.717) is 18.8 Å². The number of fused-ring (bicyclic) bond motifs is 1. The van der Waals surface area contributed by atoms with Crippen molar-refractivity contribution in [3.63, 3.8) is 0 Å². The SMILES string of the molecule is O=C(N[C@@H]1COC[C@H]1N1CCCC1)c1ccc2nc(-c3ccccc3)cn2c1. The van der Waals surface area contributed by atoms with Crippen molar-refractivity contribution in [3.05, 3.63) is 60.4 Å². The summed E-state index contributed by atoms with van der Waals surface area (Å²) >= 11 is 0. The van der Waals surface area contributed by atoms with E-state index in [2.05, 4.69) is 15.2 Å². The van der Waals surface area contributed by atoms with Gasteiger partial charge in [0.15, 0.2) is 0 Å². The first-order chi connectivity index (χ1) is 13.8. The summed E-state index contributed by atoms with van der Waals surface area (Å²) in [6.07, 6.45) is 6.29. The van der Waals surface area contributed by atoms with Crippen LogP contribution < -0.4 is 5.32 Å². The molecule has 5 rings (SSSR count). The minimum Gasteiger partial charge on any atom is -0.378 e. The number of imidazole rings is 1. The molecule has 144 valence electrons. The van der Waals surface area contributed by atoms with Crippen LogP contribution in [0.2, 0.25) is 0 Å². The van der Waals surface area contributed by atoms with Gasteiger partial charge in [-0.2, -0.15) is 0 Å². The second-order valence-corrected chi connectivity index (χ2v) is 7.60. The second-order valence-electron chi connectivity index (χ2n) is 7.60. The number of likely N-dealkylation sites (tertiary alicyclic amines) is 1. The fraction of sp³-hybridized carbons (Fsp3) is 0.364. The lowest BCUT2D eigenvalue weighted by molar-refractivity contribution is 0.0916. The van der Waals surface area contributed by atoms with Gasteiger partial charge in [-0.3, -0.25) is 9.69 Å². The van der Waals surface area contributed by atoms with Crippen LogP contribution in [0.4, 0.5) is 0 Å². The van der Waals surface area contributed by atoms with Crippen LogP contribution in [0.25, 0.3) is 16.9 Å². The van der Waals surface area contributed by atoms with E-state index < -0.39 is 0 Å². The number of ether oxygens (including phenoxy) is 1. The van der Waals surface area contributed by atoms with Gasteiger partial charge in [0, 0.05) is 18.0 Å². The highest BCUT2D eigenvalue weighted by atomic mass is 16.5. The van der Waals surface area contributed by atoms with Crippen molar-refractivity contribution in [2.45, 2.75) is 24.9 Å². The third-order valence-electron chi connectivity index (χ3n) is 5.76. The number of nitrogens with one attached hydrogen (secondary N) is 1. The summed E-state index contributed by atoms with van der Waals surface area (Å²) in [7, 11) is 0. The maximum Gasteiger partial charge on any atom is 0.253 e. The third-order valence-corrected chi connectivity index (χ3v) is 5.76. The lowest BCUT2D eigenvalue weighted by atomic mass is 10.1. The van der Waals surface area contributed by atoms with Crippen LogP contribution in [-0.2, 0) is 4.74 Å². The Morgan fingerprint density at radius 1 is 1.04 bits per heavy atom. The molecule has 0 aliphatic carbocycles. The number of nitrogens with zero attached hydrogens (tertiary/aromatic N) is 3. The van der Waals surface area contributed by atoms with Crippen molar-refractivity contribution < 1.29 is 9.53 Å². The molecule has 6 nitrogen and oxygen atoms in total. The predicted octanol–water partition coefficient (Wildman–Crippen LogP) is 2.59. The summed E-state index contributed by atoms with van der Waals surface area (Å²) in [4.78, 5) is 20.0. The standard InChI is InChI=1S/C22H24N4O2/c27-22(24-19-14-28-15-20(19)25-10-4-5-11-25)17-8-9-21-23-18(13-26(21)12-17)16-6-2-1-3-7-16/h1-3,6-9,12-13,19-20H,4-5,10-11,14-15H2,(H,24,27)/t19-,20-/m1/s1. The van der Waals surface area contributed by atoms with Crippen LogP contribution in [0.5, 0.6) is 0 Å². The van der Waals surface area contributed by atoms with E-state index in [1.165, 1.54) is 12.8 Å². The molecule has 1 N–H and O–H groups in total. The molecule has 2 aliphatic heterocycles. The molecule has 3 aromatic rings. The molecule has 0 radical (unpaired) electrons. The fourth-order valence-electron chi connectivity index (χ4n) is 4.24. The molecular formula is C22H24N4O2. The molecule has 2 aromatic heterocycles. The molecule has 0 unspecified atom stereocenters. The molecule has 0 saturated carbocycles. The highest BCUT2D eigenvalue weighted by Crippen LogP contribution is 2.21. The van der Waals surface area contributed by atoms with Crippen LogP contribution in [0, 0.1) is 0 Å². The Morgan fingerprint density at radius 3 is 2.68 bits per heavy atom. The average Bonchev–Trinajstić information content (AvgIpc) is 3.47. The highest BCUT2D eigenvalue weighted by molar-refractivity contribution is 5.94. The van der Waals surface area contributed by atoms with E-state index in [4.69, 9.17) is 4.74 Å². The zero-order valence-corrected chi connectivity index (χ0v) is 15.8. The molecule has 2 fully saturated rings. The van der Waals surface area contributed by atoms with Crippen molar-refractivity contribution in [1.82, 2.24) is 19.6 Å². The number of amides is 1. The largest absolute Gasteiger partial charge is 0.378 e. The minimum absolute atomic E-state index is 0.0453. The monoisotopic (exact) mass is 376 g/mol. The van der Waals surface area contributed by atoms with Crippen molar-refractivity contribution in [2.24, 2.45) is 0 Å². The first-order valence-electron chi connectivity index (χ1n) is 9.95. The van der Waals surface area contributed by atoms with Crippen molar-refractivity contribution in [3.8, 4) is 11.3 Å². The Hall–Kier alpha value is -2.70. The number of hydrogen-bond acceptors (Lipinski definition) is 4.